The molecule has 0 saturated heterocycles. The number of benzene rings is 1. The summed E-state index contributed by atoms with van der Waals surface area (Å²) in [6.45, 7) is 2.08. The minimum Gasteiger partial charge on any atom is -0.482 e. The Balaban J connectivity index is 2.20. The van der Waals surface area contributed by atoms with Crippen LogP contribution in [-0.4, -0.2) is 29.8 Å². The molecule has 0 atom stereocenters. The second kappa shape index (κ2) is 8.67. The molecule has 5 nitrogen and oxygen atoms in total. The zero-order valence-electron chi connectivity index (χ0n) is 14.2. The van der Waals surface area contributed by atoms with Gasteiger partial charge in [0.2, 0.25) is 5.88 Å². The van der Waals surface area contributed by atoms with E-state index in [2.05, 4.69) is 10.3 Å². The first kappa shape index (κ1) is 21.1. The Bertz CT molecular complexity index is 830. The van der Waals surface area contributed by atoms with Crippen molar-refractivity contribution in [1.82, 2.24) is 4.98 Å². The van der Waals surface area contributed by atoms with E-state index < -0.39 is 18.7 Å². The fourth-order valence-corrected chi connectivity index (χ4v) is 2.32. The molecular formula is C17H15Cl2F3N2O3. The second-order valence-corrected chi connectivity index (χ2v) is 6.52. The maximum atomic E-state index is 12.4. The van der Waals surface area contributed by atoms with Crippen molar-refractivity contribution in [3.63, 3.8) is 0 Å². The fraction of sp³-hybridized carbons (Fsp3) is 0.294. The van der Waals surface area contributed by atoms with Gasteiger partial charge in [0.25, 0.3) is 5.91 Å². The van der Waals surface area contributed by atoms with Crippen LogP contribution in [0.2, 0.25) is 10.0 Å². The number of rotatable bonds is 6. The molecule has 0 aliphatic carbocycles. The van der Waals surface area contributed by atoms with Crippen molar-refractivity contribution in [3.8, 4) is 11.6 Å². The number of alkyl halides is 3. The maximum Gasteiger partial charge on any atom is 0.422 e. The lowest BCUT2D eigenvalue weighted by Crippen LogP contribution is -2.20. The molecule has 2 aromatic rings. The molecule has 0 bridgehead atoms. The first-order valence-corrected chi connectivity index (χ1v) is 8.43. The summed E-state index contributed by atoms with van der Waals surface area (Å²) in [6, 6.07) is 5.19. The van der Waals surface area contributed by atoms with E-state index in [9.17, 15) is 18.0 Å². The van der Waals surface area contributed by atoms with Crippen LogP contribution < -0.4 is 14.8 Å². The lowest BCUT2D eigenvalue weighted by atomic mass is 10.2. The molecule has 0 saturated carbocycles. The molecule has 1 heterocycles. The van der Waals surface area contributed by atoms with E-state index in [4.69, 9.17) is 32.7 Å². The summed E-state index contributed by atoms with van der Waals surface area (Å²) in [5.41, 5.74) is 0.0632. The minimum atomic E-state index is -4.52. The normalized spacial score (nSPS) is 11.4. The van der Waals surface area contributed by atoms with Gasteiger partial charge >= 0.3 is 6.18 Å². The number of aromatic nitrogens is 1. The predicted octanol–water partition coefficient (Wildman–Crippen LogP) is 5.37. The summed E-state index contributed by atoms with van der Waals surface area (Å²) in [7, 11) is 0. The van der Waals surface area contributed by atoms with Crippen molar-refractivity contribution in [3.05, 3.63) is 46.1 Å². The average Bonchev–Trinajstić information content (AvgIpc) is 2.54. The molecule has 1 N–H and O–H groups in total. The van der Waals surface area contributed by atoms with Crippen molar-refractivity contribution < 1.29 is 27.4 Å². The molecular weight excluding hydrogens is 408 g/mol. The van der Waals surface area contributed by atoms with Gasteiger partial charge in [-0.25, -0.2) is 4.98 Å². The molecule has 0 aliphatic rings. The molecule has 10 heteroatoms. The number of nitrogens with zero attached hydrogens (tertiary/aromatic N) is 1. The Kier molecular flexibility index (Phi) is 6.78. The number of carbonyl (C=O) groups excluding carboxylic acids is 1. The van der Waals surface area contributed by atoms with Crippen molar-refractivity contribution in [2.24, 2.45) is 0 Å². The second-order valence-electron chi connectivity index (χ2n) is 5.68. The topological polar surface area (TPSA) is 60.5 Å². The molecule has 0 unspecified atom stereocenters. The minimum absolute atomic E-state index is 0.0182. The Morgan fingerprint density at radius 3 is 2.56 bits per heavy atom. The van der Waals surface area contributed by atoms with E-state index >= 15 is 0 Å². The first-order chi connectivity index (χ1) is 12.5. The smallest absolute Gasteiger partial charge is 0.422 e. The van der Waals surface area contributed by atoms with E-state index in [1.165, 1.54) is 30.5 Å². The lowest BCUT2D eigenvalue weighted by molar-refractivity contribution is -0.153. The van der Waals surface area contributed by atoms with Crippen molar-refractivity contribution in [1.29, 1.82) is 0 Å². The maximum absolute atomic E-state index is 12.4. The monoisotopic (exact) mass is 422 g/mol. The molecule has 0 radical (unpaired) electrons. The van der Waals surface area contributed by atoms with Gasteiger partial charge in [0, 0.05) is 11.2 Å². The Hall–Kier alpha value is -2.19. The van der Waals surface area contributed by atoms with Crippen LogP contribution in [0.15, 0.2) is 30.5 Å². The molecule has 146 valence electrons. The molecule has 2 rings (SSSR count). The van der Waals surface area contributed by atoms with Gasteiger partial charge in [-0.15, -0.1) is 0 Å². The van der Waals surface area contributed by atoms with Crippen molar-refractivity contribution >= 4 is 34.8 Å². The highest BCUT2D eigenvalue weighted by Gasteiger charge is 2.29. The third-order valence-corrected chi connectivity index (χ3v) is 3.50. The third kappa shape index (κ3) is 6.48. The van der Waals surface area contributed by atoms with Gasteiger partial charge < -0.3 is 14.8 Å². The van der Waals surface area contributed by atoms with Crippen molar-refractivity contribution in [2.45, 2.75) is 26.1 Å². The van der Waals surface area contributed by atoms with Crippen LogP contribution in [0.4, 0.5) is 18.9 Å². The van der Waals surface area contributed by atoms with Crippen LogP contribution in [0.5, 0.6) is 11.6 Å². The highest BCUT2D eigenvalue weighted by atomic mass is 35.5. The highest BCUT2D eigenvalue weighted by Crippen LogP contribution is 2.30. The van der Waals surface area contributed by atoms with Crippen LogP contribution in [-0.2, 0) is 0 Å². The SMILES string of the molecule is CC(C)Oc1ncc(C(=O)Nc2cc(Cl)ccc2OCC(F)(F)F)cc1Cl. The number of carbonyl (C=O) groups is 1. The Morgan fingerprint density at radius 1 is 1.26 bits per heavy atom. The predicted molar refractivity (Wildman–Crippen MR) is 96.0 cm³/mol. The molecule has 0 aliphatic heterocycles. The highest BCUT2D eigenvalue weighted by molar-refractivity contribution is 6.32. The summed E-state index contributed by atoms with van der Waals surface area (Å²) in [5, 5.41) is 2.77. The fourth-order valence-electron chi connectivity index (χ4n) is 1.94. The Morgan fingerprint density at radius 2 is 1.96 bits per heavy atom. The quantitative estimate of drug-likeness (QED) is 0.679. The van der Waals surface area contributed by atoms with Gasteiger partial charge in [0.1, 0.15) is 10.8 Å². The van der Waals surface area contributed by atoms with Gasteiger partial charge in [0.15, 0.2) is 6.61 Å². The van der Waals surface area contributed by atoms with E-state index in [-0.39, 0.29) is 39.0 Å². The van der Waals surface area contributed by atoms with Gasteiger partial charge in [-0.1, -0.05) is 23.2 Å². The van der Waals surface area contributed by atoms with E-state index in [1.807, 2.05) is 0 Å². The lowest BCUT2D eigenvalue weighted by Gasteiger charge is -2.15. The van der Waals surface area contributed by atoms with Crippen LogP contribution >= 0.6 is 23.2 Å². The zero-order valence-corrected chi connectivity index (χ0v) is 15.7. The molecule has 1 aromatic heterocycles. The average molecular weight is 423 g/mol. The molecule has 1 aromatic carbocycles. The first-order valence-electron chi connectivity index (χ1n) is 7.68. The van der Waals surface area contributed by atoms with E-state index in [0.717, 1.165) is 0 Å². The van der Waals surface area contributed by atoms with Gasteiger partial charge in [-0.2, -0.15) is 13.2 Å². The van der Waals surface area contributed by atoms with Crippen LogP contribution in [0.3, 0.4) is 0 Å². The zero-order chi connectivity index (χ0) is 20.2. The summed E-state index contributed by atoms with van der Waals surface area (Å²) >= 11 is 11.9. The van der Waals surface area contributed by atoms with E-state index in [0.29, 0.717) is 0 Å². The van der Waals surface area contributed by atoms with Crippen molar-refractivity contribution in [2.75, 3.05) is 11.9 Å². The van der Waals surface area contributed by atoms with Crippen LogP contribution in [0.25, 0.3) is 0 Å². The van der Waals surface area contributed by atoms with Gasteiger partial charge in [-0.05, 0) is 38.1 Å². The molecule has 0 fully saturated rings. The van der Waals surface area contributed by atoms with Gasteiger partial charge in [0.05, 0.1) is 17.4 Å². The number of anilines is 1. The van der Waals surface area contributed by atoms with Crippen LogP contribution in [0, 0.1) is 0 Å². The number of halogens is 5. The number of nitrogens with one attached hydrogen (secondary N) is 1. The number of amides is 1. The third-order valence-electron chi connectivity index (χ3n) is 3.00. The summed E-state index contributed by atoms with van der Waals surface area (Å²) in [5.74, 6) is -0.663. The number of hydrogen-bond donors (Lipinski definition) is 1. The summed E-state index contributed by atoms with van der Waals surface area (Å²) in [6.07, 6.45) is -3.45. The Labute approximate surface area is 163 Å². The number of pyridine rings is 1. The molecule has 27 heavy (non-hydrogen) atoms. The number of ether oxygens (including phenoxy) is 2. The molecule has 1 amide bonds. The summed E-state index contributed by atoms with van der Waals surface area (Å²) < 4.78 is 47.2. The largest absolute Gasteiger partial charge is 0.482 e. The molecule has 0 spiro atoms. The summed E-state index contributed by atoms with van der Waals surface area (Å²) in [4.78, 5) is 16.4. The van der Waals surface area contributed by atoms with Crippen LogP contribution in [0.1, 0.15) is 24.2 Å². The van der Waals surface area contributed by atoms with Gasteiger partial charge in [-0.3, -0.25) is 4.79 Å². The number of hydrogen-bond acceptors (Lipinski definition) is 4. The van der Waals surface area contributed by atoms with E-state index in [1.54, 1.807) is 13.8 Å². The standard InChI is InChI=1S/C17H15Cl2F3N2O3/c1-9(2)27-16-12(19)5-10(7-23-16)15(25)24-13-6-11(18)3-4-14(13)26-8-17(20,21)22/h3-7,9H,8H2,1-2H3,(H,24,25).